The number of unbranched alkanes of at least 4 members (excludes halogenated alkanes) is 2. The molecule has 9 N–H and O–H groups in total. The number of hydrogen-bond acceptors (Lipinski definition) is 38. The Morgan fingerprint density at radius 2 is 0.930 bits per heavy atom. The second kappa shape index (κ2) is 50.9. The smallest absolute Gasteiger partial charge is 0.220 e. The van der Waals surface area contributed by atoms with Crippen molar-refractivity contribution in [3.63, 3.8) is 0 Å². The van der Waals surface area contributed by atoms with E-state index in [-0.39, 0.29) is 131 Å². The van der Waals surface area contributed by atoms with Crippen LogP contribution in [0.25, 0.3) is 0 Å². The Bertz CT molecular complexity index is 3170. The van der Waals surface area contributed by atoms with Crippen LogP contribution in [-0.4, -0.2) is 379 Å². The summed E-state index contributed by atoms with van der Waals surface area (Å²) >= 11 is 0. The first-order valence-electron chi connectivity index (χ1n) is 38.6. The number of hydrogen-bond donors (Lipinski definition) is 9. The Morgan fingerprint density at radius 3 is 1.34 bits per heavy atom. The zero-order valence-electron chi connectivity index (χ0n) is 64.9. The molecule has 4 bridgehead atoms. The number of aromatic nitrogens is 10. The lowest BCUT2D eigenvalue weighted by atomic mass is 9.87. The van der Waals surface area contributed by atoms with Crippen molar-refractivity contribution in [3.05, 3.63) is 60.1 Å². The topological polar surface area (TPSA) is 489 Å². The van der Waals surface area contributed by atoms with Gasteiger partial charge in [0.2, 0.25) is 11.8 Å². The molecule has 4 aromatic rings. The summed E-state index contributed by atoms with van der Waals surface area (Å²) in [6.07, 6.45) is 0.424. The van der Waals surface area contributed by atoms with E-state index in [2.05, 4.69) is 46.6 Å². The van der Waals surface area contributed by atoms with Crippen molar-refractivity contribution >= 4 is 33.4 Å². The molecule has 114 heavy (non-hydrogen) atoms. The summed E-state index contributed by atoms with van der Waals surface area (Å²) in [4.78, 5) is 30.0. The molecule has 9 heterocycles. The van der Waals surface area contributed by atoms with E-state index in [0.29, 0.717) is 149 Å². The van der Waals surface area contributed by atoms with Gasteiger partial charge in [-0.1, -0.05) is 38.9 Å². The molecule has 13 unspecified atom stereocenters. The van der Waals surface area contributed by atoms with E-state index in [1.807, 2.05) is 18.2 Å². The number of fused-ring (bicyclic) bond motifs is 4. The molecule has 41 nitrogen and oxygen atoms in total. The van der Waals surface area contributed by atoms with Gasteiger partial charge in [-0.3, -0.25) is 9.59 Å². The van der Waals surface area contributed by atoms with Crippen LogP contribution < -0.4 is 10.6 Å². The summed E-state index contributed by atoms with van der Waals surface area (Å²) in [6.45, 7) is 10.4. The second-order valence-corrected chi connectivity index (χ2v) is 30.5. The maximum atomic E-state index is 14.1. The summed E-state index contributed by atoms with van der Waals surface area (Å²) in [5, 5.41) is 105. The lowest BCUT2D eigenvalue weighted by molar-refractivity contribution is -0.297. The number of aliphatic hydroxyl groups excluding tert-OH is 7. The molecule has 13 atom stereocenters. The number of nitrogens with zero attached hydrogens (tertiary/aromatic N) is 10. The molecule has 5 fully saturated rings. The Morgan fingerprint density at radius 1 is 0.518 bits per heavy atom. The maximum Gasteiger partial charge on any atom is 0.220 e. The summed E-state index contributed by atoms with van der Waals surface area (Å²) in [5.74, 6) is 0.164. The number of amides is 2. The Labute approximate surface area is 669 Å². The molecule has 0 aliphatic carbocycles. The SMILES string of the molecule is CC(=O)NC1C(O)OC(C)(COCCOCCOCCOCCn2cc(COCC(COCc3cn(CCOCCOCCOCCOCC45COC(CC(O)C4O)O5)nn3)(COCc3cn(CCOCCOCCOCCOCC45COC(CC(O)C4O)O5)nn3)NC(=O)CCCCCSSc3ccccn3)nn2)C(O)C1O. The summed E-state index contributed by atoms with van der Waals surface area (Å²) in [6, 6.07) is 4.61. The average Bonchev–Trinajstić information content (AvgIpc) is 1.62. The fourth-order valence-electron chi connectivity index (χ4n) is 12.5. The van der Waals surface area contributed by atoms with Crippen LogP contribution in [0.5, 0.6) is 0 Å². The molecule has 0 saturated carbocycles. The lowest BCUT2D eigenvalue weighted by Gasteiger charge is -2.46. The zero-order valence-corrected chi connectivity index (χ0v) is 66.5. The van der Waals surface area contributed by atoms with Gasteiger partial charge < -0.3 is 141 Å². The Balaban J connectivity index is 0.693. The van der Waals surface area contributed by atoms with E-state index >= 15 is 0 Å². The number of pyridine rings is 1. The molecular formula is C71H116N12O29S2. The monoisotopic (exact) mass is 1660 g/mol. The van der Waals surface area contributed by atoms with Gasteiger partial charge in [-0.25, -0.2) is 19.0 Å². The minimum Gasteiger partial charge on any atom is -0.390 e. The van der Waals surface area contributed by atoms with E-state index in [1.54, 1.807) is 60.4 Å². The van der Waals surface area contributed by atoms with Crippen LogP contribution in [-0.2, 0) is 144 Å². The van der Waals surface area contributed by atoms with Crippen LogP contribution in [0.2, 0.25) is 0 Å². The van der Waals surface area contributed by atoms with Gasteiger partial charge in [0.25, 0.3) is 0 Å². The highest BCUT2D eigenvalue weighted by atomic mass is 33.1. The van der Waals surface area contributed by atoms with E-state index in [1.165, 1.54) is 13.8 Å². The summed E-state index contributed by atoms with van der Waals surface area (Å²) in [5.41, 5.74) is -3.26. The van der Waals surface area contributed by atoms with Gasteiger partial charge in [0, 0.05) is 38.1 Å². The minimum atomic E-state index is -1.55. The second-order valence-electron chi connectivity index (χ2n) is 28.1. The van der Waals surface area contributed by atoms with Gasteiger partial charge in [0.15, 0.2) is 18.9 Å². The third-order valence-corrected chi connectivity index (χ3v) is 21.0. The van der Waals surface area contributed by atoms with Crippen LogP contribution in [0.1, 0.15) is 69.5 Å². The maximum absolute atomic E-state index is 14.1. The predicted octanol–water partition coefficient (Wildman–Crippen LogP) is -2.33. The quantitative estimate of drug-likeness (QED) is 0.0165. The van der Waals surface area contributed by atoms with Crippen molar-refractivity contribution < 1.29 is 140 Å². The fraction of sp³-hybridized carbons (Fsp3) is 0.817. The van der Waals surface area contributed by atoms with Crippen LogP contribution in [0.3, 0.4) is 0 Å². The molecule has 0 aromatic carbocycles. The van der Waals surface area contributed by atoms with Gasteiger partial charge in [-0.15, -0.1) is 15.3 Å². The van der Waals surface area contributed by atoms with Crippen LogP contribution in [0.4, 0.5) is 0 Å². The molecule has 646 valence electrons. The first-order chi connectivity index (χ1) is 55.4. The fourth-order valence-corrected chi connectivity index (χ4v) is 14.6. The largest absolute Gasteiger partial charge is 0.390 e. The first-order valence-corrected chi connectivity index (χ1v) is 40.9. The standard InChI is InChI=1S/C71H116N12O29S2/c1-52(84)73-62-63(88)66(91)68(2,112-67(62)92)44-102-32-29-99-26-23-96-20-17-93-14-11-81-38-53(75-78-81)41-105-45-69(74-58(87)8-4-3-7-35-113-114-59-9-5-6-10-72-59,46-106-42-54-39-82(79-76-54)12-15-94-18-21-97-24-27-100-30-33-103-48-70-50-108-60(110-70)36-56(85)64(70)89)47-107-43-55-40-83(80-77-55)13-16-95-19-22-98-25-28-101-31-34-104-49-71-51-109-61(111-71)37-57(86)65(71)90/h5-6,9-10,38-40,56-57,60-67,85-86,88-92H,3-4,7-8,11-37,41-51H2,1-2H3,(H,73,84)(H,74,87). The third kappa shape index (κ3) is 32.0. The minimum absolute atomic E-state index is 0.0209. The molecule has 5 aliphatic rings. The lowest BCUT2D eigenvalue weighted by Crippen LogP contribution is -2.68. The van der Waals surface area contributed by atoms with Gasteiger partial charge >= 0.3 is 0 Å². The number of carbonyl (C=O) groups excluding carboxylic acids is 2. The normalized spacial score (nSPS) is 25.9. The van der Waals surface area contributed by atoms with Gasteiger partial charge in [-0.2, -0.15) is 0 Å². The molecule has 5 aliphatic heterocycles. The zero-order chi connectivity index (χ0) is 80.5. The first kappa shape index (κ1) is 93.0. The van der Waals surface area contributed by atoms with E-state index < -0.39 is 89.8 Å². The van der Waals surface area contributed by atoms with Crippen molar-refractivity contribution in [1.29, 1.82) is 0 Å². The third-order valence-electron chi connectivity index (χ3n) is 18.6. The number of rotatable bonds is 64. The van der Waals surface area contributed by atoms with Gasteiger partial charge in [0.1, 0.15) is 74.9 Å². The van der Waals surface area contributed by atoms with Crippen molar-refractivity contribution in [2.45, 2.75) is 181 Å². The van der Waals surface area contributed by atoms with Crippen LogP contribution in [0.15, 0.2) is 48.0 Å². The number of ether oxygens (including phenoxy) is 20. The summed E-state index contributed by atoms with van der Waals surface area (Å²) in [7, 11) is 3.34. The molecule has 5 saturated heterocycles. The predicted molar refractivity (Wildman–Crippen MR) is 396 cm³/mol. The molecule has 2 amide bonds. The molecule has 0 radical (unpaired) electrons. The van der Waals surface area contributed by atoms with E-state index in [4.69, 9.17) is 94.7 Å². The Kier molecular flexibility index (Phi) is 41.5. The molecule has 43 heteroatoms. The highest BCUT2D eigenvalue weighted by Crippen LogP contribution is 2.39. The van der Waals surface area contributed by atoms with Crippen LogP contribution in [0, 0.1) is 0 Å². The van der Waals surface area contributed by atoms with E-state index in [9.17, 15) is 45.3 Å². The average molecular weight is 1670 g/mol. The molecule has 9 rings (SSSR count). The highest BCUT2D eigenvalue weighted by Gasteiger charge is 2.56. The van der Waals surface area contributed by atoms with Crippen molar-refractivity contribution in [3.8, 4) is 0 Å². The van der Waals surface area contributed by atoms with Gasteiger partial charge in [-0.05, 0) is 42.7 Å². The van der Waals surface area contributed by atoms with Crippen molar-refractivity contribution in [2.75, 3.05) is 197 Å². The van der Waals surface area contributed by atoms with E-state index in [0.717, 1.165) is 23.6 Å². The van der Waals surface area contributed by atoms with Gasteiger partial charge in [0.05, 0.1) is 262 Å². The molecule has 4 aromatic heterocycles. The Hall–Kier alpha value is -4.87. The number of carbonyl (C=O) groups is 2. The van der Waals surface area contributed by atoms with Crippen molar-refractivity contribution in [2.24, 2.45) is 0 Å². The number of aliphatic hydroxyl groups is 7. The van der Waals surface area contributed by atoms with Crippen LogP contribution >= 0.6 is 21.6 Å². The molecular weight excluding hydrogens is 1550 g/mol. The number of nitrogens with one attached hydrogen (secondary N) is 2. The van der Waals surface area contributed by atoms with Crippen molar-refractivity contribution in [1.82, 2.24) is 60.6 Å². The highest BCUT2D eigenvalue weighted by molar-refractivity contribution is 8.76. The molecule has 0 spiro atoms. The summed E-state index contributed by atoms with van der Waals surface area (Å²) < 4.78 is 120.